The quantitative estimate of drug-likeness (QED) is 0.329. The molecule has 1 heterocycles. The van der Waals surface area contributed by atoms with Crippen LogP contribution in [0.3, 0.4) is 0 Å². The van der Waals surface area contributed by atoms with E-state index in [1.807, 2.05) is 30.3 Å². The van der Waals surface area contributed by atoms with Crippen molar-refractivity contribution in [3.05, 3.63) is 92.6 Å². The molecule has 0 saturated heterocycles. The van der Waals surface area contributed by atoms with E-state index in [4.69, 9.17) is 32.9 Å². The van der Waals surface area contributed by atoms with Crippen LogP contribution in [-0.4, -0.2) is 9.55 Å². The molecule has 4 rings (SSSR count). The van der Waals surface area contributed by atoms with Gasteiger partial charge in [0.15, 0.2) is 0 Å². The van der Waals surface area contributed by atoms with Gasteiger partial charge in [0.1, 0.15) is 18.2 Å². The minimum atomic E-state index is 0.312. The Balaban J connectivity index is 1.66. The molecule has 0 unspecified atom stereocenters. The molecule has 6 heteroatoms. The summed E-state index contributed by atoms with van der Waals surface area (Å²) >= 11 is 15.7. The lowest BCUT2D eigenvalue weighted by atomic mass is 10.2. The van der Waals surface area contributed by atoms with Crippen molar-refractivity contribution < 1.29 is 4.74 Å². The van der Waals surface area contributed by atoms with Gasteiger partial charge in [-0.2, -0.15) is 0 Å². The maximum absolute atomic E-state index is 6.22. The molecule has 4 aromatic rings. The minimum Gasteiger partial charge on any atom is -0.484 e. The molecule has 0 amide bonds. The van der Waals surface area contributed by atoms with Gasteiger partial charge in [-0.15, -0.1) is 0 Å². The Kier molecular flexibility index (Phi) is 5.39. The van der Waals surface area contributed by atoms with Crippen LogP contribution in [0.1, 0.15) is 11.4 Å². The van der Waals surface area contributed by atoms with E-state index in [0.29, 0.717) is 28.9 Å². The molecule has 3 nitrogen and oxygen atoms in total. The van der Waals surface area contributed by atoms with Gasteiger partial charge in [-0.25, -0.2) is 4.98 Å². The van der Waals surface area contributed by atoms with E-state index in [0.717, 1.165) is 21.3 Å². The van der Waals surface area contributed by atoms with Crippen LogP contribution in [0.4, 0.5) is 0 Å². The molecule has 3 aromatic carbocycles. The van der Waals surface area contributed by atoms with Gasteiger partial charge in [-0.1, -0.05) is 63.4 Å². The molecule has 0 radical (unpaired) electrons. The van der Waals surface area contributed by atoms with Gasteiger partial charge in [0.25, 0.3) is 0 Å². The molecular weight excluding hydrogens is 447 g/mol. The summed E-state index contributed by atoms with van der Waals surface area (Å²) in [5.74, 6) is 1.42. The summed E-state index contributed by atoms with van der Waals surface area (Å²) in [5, 5.41) is 1.06. The number of imidazole rings is 1. The molecule has 0 atom stereocenters. The summed E-state index contributed by atoms with van der Waals surface area (Å²) in [6.07, 6.45) is 0. The Morgan fingerprint density at radius 3 is 2.52 bits per heavy atom. The number of fused-ring (bicyclic) bond motifs is 1. The maximum atomic E-state index is 6.22. The first-order chi connectivity index (χ1) is 13.1. The number of rotatable bonds is 5. The lowest BCUT2D eigenvalue weighted by Gasteiger charge is -2.12. The number of nitrogens with zero attached hydrogens (tertiary/aromatic N) is 2. The van der Waals surface area contributed by atoms with Gasteiger partial charge in [0, 0.05) is 16.0 Å². The summed E-state index contributed by atoms with van der Waals surface area (Å²) in [5.41, 5.74) is 3.20. The Hall–Kier alpha value is -2.01. The average molecular weight is 462 g/mol. The average Bonchev–Trinajstić information content (AvgIpc) is 3.00. The number of ether oxygens (including phenoxy) is 1. The first-order valence-corrected chi connectivity index (χ1v) is 9.91. The molecule has 0 fully saturated rings. The SMILES string of the molecule is Clc1ccc(OCc2nc3ccccc3n2Cc2ccc(Br)cc2)c(Cl)c1. The number of hydrogen-bond donors (Lipinski definition) is 0. The van der Waals surface area contributed by atoms with Crippen LogP contribution >= 0.6 is 39.1 Å². The van der Waals surface area contributed by atoms with Crippen LogP contribution in [-0.2, 0) is 13.2 Å². The minimum absolute atomic E-state index is 0.312. The fourth-order valence-corrected chi connectivity index (χ4v) is 3.65. The van der Waals surface area contributed by atoms with Crippen molar-refractivity contribution in [1.82, 2.24) is 9.55 Å². The summed E-state index contributed by atoms with van der Waals surface area (Å²) < 4.78 is 9.15. The molecule has 0 aliphatic heterocycles. The van der Waals surface area contributed by atoms with Gasteiger partial charge in [-0.05, 0) is 48.0 Å². The van der Waals surface area contributed by atoms with Crippen molar-refractivity contribution in [2.75, 3.05) is 0 Å². The summed E-state index contributed by atoms with van der Waals surface area (Å²) in [7, 11) is 0. The number of hydrogen-bond acceptors (Lipinski definition) is 2. The Morgan fingerprint density at radius 2 is 1.74 bits per heavy atom. The van der Waals surface area contributed by atoms with E-state index in [-0.39, 0.29) is 0 Å². The van der Waals surface area contributed by atoms with Crippen LogP contribution < -0.4 is 4.74 Å². The second-order valence-electron chi connectivity index (χ2n) is 6.09. The van der Waals surface area contributed by atoms with Crippen LogP contribution in [0, 0.1) is 0 Å². The number of halogens is 3. The highest BCUT2D eigenvalue weighted by atomic mass is 79.9. The van der Waals surface area contributed by atoms with Gasteiger partial charge in [0.05, 0.1) is 16.1 Å². The molecule has 136 valence electrons. The molecule has 1 aromatic heterocycles. The molecule has 0 aliphatic carbocycles. The predicted octanol–water partition coefficient (Wildman–Crippen LogP) is 6.73. The van der Waals surface area contributed by atoms with Crippen molar-refractivity contribution in [2.24, 2.45) is 0 Å². The zero-order valence-electron chi connectivity index (χ0n) is 14.2. The Morgan fingerprint density at radius 1 is 0.963 bits per heavy atom. The smallest absolute Gasteiger partial charge is 0.148 e. The fraction of sp³-hybridized carbons (Fsp3) is 0.0952. The number of benzene rings is 3. The molecular formula is C21H15BrCl2N2O. The van der Waals surface area contributed by atoms with E-state index >= 15 is 0 Å². The predicted molar refractivity (Wildman–Crippen MR) is 114 cm³/mol. The normalized spacial score (nSPS) is 11.1. The van der Waals surface area contributed by atoms with Gasteiger partial charge in [0.2, 0.25) is 0 Å². The number of aromatic nitrogens is 2. The van der Waals surface area contributed by atoms with Crippen LogP contribution in [0.2, 0.25) is 10.0 Å². The van der Waals surface area contributed by atoms with Gasteiger partial charge in [-0.3, -0.25) is 0 Å². The van der Waals surface area contributed by atoms with E-state index in [1.165, 1.54) is 5.56 Å². The maximum Gasteiger partial charge on any atom is 0.148 e. The largest absolute Gasteiger partial charge is 0.484 e. The van der Waals surface area contributed by atoms with Crippen molar-refractivity contribution >= 4 is 50.2 Å². The Labute approximate surface area is 175 Å². The lowest BCUT2D eigenvalue weighted by Crippen LogP contribution is -2.08. The van der Waals surface area contributed by atoms with Crippen molar-refractivity contribution in [1.29, 1.82) is 0 Å². The zero-order chi connectivity index (χ0) is 18.8. The fourth-order valence-electron chi connectivity index (χ4n) is 2.92. The Bertz CT molecular complexity index is 1090. The van der Waals surface area contributed by atoms with Crippen LogP contribution in [0.5, 0.6) is 5.75 Å². The lowest BCUT2D eigenvalue weighted by molar-refractivity contribution is 0.291. The first kappa shape index (κ1) is 18.4. The van der Waals surface area contributed by atoms with E-state index in [9.17, 15) is 0 Å². The topological polar surface area (TPSA) is 27.1 Å². The molecule has 0 aliphatic rings. The third-order valence-corrected chi connectivity index (χ3v) is 5.30. The van der Waals surface area contributed by atoms with Crippen LogP contribution in [0.25, 0.3) is 11.0 Å². The first-order valence-electron chi connectivity index (χ1n) is 8.36. The highest BCUT2D eigenvalue weighted by Gasteiger charge is 2.12. The van der Waals surface area contributed by atoms with E-state index in [1.54, 1.807) is 18.2 Å². The molecule has 0 bridgehead atoms. The van der Waals surface area contributed by atoms with Crippen molar-refractivity contribution in [2.45, 2.75) is 13.2 Å². The standard InChI is InChI=1S/C21H15BrCl2N2O/c22-15-7-5-14(6-8-15)12-26-19-4-2-1-3-18(19)25-21(26)13-27-20-10-9-16(23)11-17(20)24/h1-11H,12-13H2. The van der Waals surface area contributed by atoms with E-state index < -0.39 is 0 Å². The summed E-state index contributed by atoms with van der Waals surface area (Å²) in [4.78, 5) is 4.75. The second kappa shape index (κ2) is 7.93. The van der Waals surface area contributed by atoms with Gasteiger partial charge < -0.3 is 9.30 Å². The third kappa shape index (κ3) is 4.13. The summed E-state index contributed by atoms with van der Waals surface area (Å²) in [6, 6.07) is 21.5. The highest BCUT2D eigenvalue weighted by molar-refractivity contribution is 9.10. The molecule has 0 spiro atoms. The van der Waals surface area contributed by atoms with Gasteiger partial charge >= 0.3 is 0 Å². The van der Waals surface area contributed by atoms with Crippen LogP contribution in [0.15, 0.2) is 71.2 Å². The highest BCUT2D eigenvalue weighted by Crippen LogP contribution is 2.28. The summed E-state index contributed by atoms with van der Waals surface area (Å²) in [6.45, 7) is 1.02. The van der Waals surface area contributed by atoms with Crippen molar-refractivity contribution in [3.8, 4) is 5.75 Å². The zero-order valence-corrected chi connectivity index (χ0v) is 17.3. The molecule has 0 saturated carbocycles. The molecule has 27 heavy (non-hydrogen) atoms. The third-order valence-electron chi connectivity index (χ3n) is 4.24. The van der Waals surface area contributed by atoms with Crippen molar-refractivity contribution in [3.63, 3.8) is 0 Å². The second-order valence-corrected chi connectivity index (χ2v) is 7.85. The van der Waals surface area contributed by atoms with E-state index in [2.05, 4.69) is 38.7 Å². The monoisotopic (exact) mass is 460 g/mol. The molecule has 0 N–H and O–H groups in total. The number of para-hydroxylation sites is 2.